The number of hydrogen-bond acceptors (Lipinski definition) is 3. The number of hydrogen-bond donors (Lipinski definition) is 1. The first-order chi connectivity index (χ1) is 9.04. The third-order valence-corrected chi connectivity index (χ3v) is 2.69. The van der Waals surface area contributed by atoms with Gasteiger partial charge in [-0.05, 0) is 24.1 Å². The van der Waals surface area contributed by atoms with E-state index in [-0.39, 0.29) is 18.7 Å². The minimum absolute atomic E-state index is 0.0477. The molecular weight excluding hydrogens is 244 g/mol. The summed E-state index contributed by atoms with van der Waals surface area (Å²) >= 11 is 0. The Morgan fingerprint density at radius 1 is 1.42 bits per heavy atom. The quantitative estimate of drug-likeness (QED) is 0.843. The minimum Gasteiger partial charge on any atom is -0.481 e. The molecule has 0 saturated carbocycles. The fourth-order valence-corrected chi connectivity index (χ4v) is 1.69. The summed E-state index contributed by atoms with van der Waals surface area (Å²) < 4.78 is 0. The Labute approximate surface area is 112 Å². The molecule has 1 rings (SSSR count). The van der Waals surface area contributed by atoms with Gasteiger partial charge in [-0.2, -0.15) is 5.26 Å². The first kappa shape index (κ1) is 14.7. The molecule has 0 aliphatic carbocycles. The lowest BCUT2D eigenvalue weighted by Crippen LogP contribution is -2.28. The van der Waals surface area contributed by atoms with Gasteiger partial charge in [0.2, 0.25) is 0 Å². The molecule has 0 spiro atoms. The van der Waals surface area contributed by atoms with Crippen LogP contribution in [0.4, 0.5) is 0 Å². The number of carbonyl (C=O) groups excluding carboxylic acids is 1. The highest BCUT2D eigenvalue weighted by Gasteiger charge is 2.12. The monoisotopic (exact) mass is 260 g/mol. The van der Waals surface area contributed by atoms with Crippen LogP contribution in [0.5, 0.6) is 0 Å². The van der Waals surface area contributed by atoms with Crippen LogP contribution in [0.15, 0.2) is 24.3 Å². The number of nitrogens with zero attached hydrogens (tertiary/aromatic N) is 2. The maximum atomic E-state index is 12.1. The van der Waals surface area contributed by atoms with Crippen LogP contribution in [0, 0.1) is 11.3 Å². The standard InChI is InChI=1S/C14H16N2O3/c1-16(9-3-6-13(17)18)14(19)12-5-2-4-11(10-12)7-8-15/h2,4-5,10H,3,6-7,9H2,1H3,(H,17,18). The smallest absolute Gasteiger partial charge is 0.303 e. The van der Waals surface area contributed by atoms with E-state index in [0.29, 0.717) is 18.5 Å². The molecule has 0 fully saturated rings. The summed E-state index contributed by atoms with van der Waals surface area (Å²) in [6.45, 7) is 0.396. The molecule has 0 radical (unpaired) electrons. The number of rotatable bonds is 6. The zero-order chi connectivity index (χ0) is 14.3. The van der Waals surface area contributed by atoms with E-state index in [1.165, 1.54) is 4.90 Å². The fraction of sp³-hybridized carbons (Fsp3) is 0.357. The van der Waals surface area contributed by atoms with Gasteiger partial charge in [0.05, 0.1) is 12.5 Å². The van der Waals surface area contributed by atoms with Gasteiger partial charge in [-0.15, -0.1) is 0 Å². The molecule has 0 bridgehead atoms. The Hall–Kier alpha value is -2.35. The average Bonchev–Trinajstić information content (AvgIpc) is 2.38. The van der Waals surface area contributed by atoms with Gasteiger partial charge in [0.1, 0.15) is 0 Å². The van der Waals surface area contributed by atoms with Crippen LogP contribution in [-0.4, -0.2) is 35.5 Å². The topological polar surface area (TPSA) is 81.4 Å². The van der Waals surface area contributed by atoms with Crippen molar-refractivity contribution in [3.05, 3.63) is 35.4 Å². The number of benzene rings is 1. The lowest BCUT2D eigenvalue weighted by Gasteiger charge is -2.16. The van der Waals surface area contributed by atoms with Crippen molar-refractivity contribution in [1.82, 2.24) is 4.90 Å². The highest BCUT2D eigenvalue weighted by Crippen LogP contribution is 2.09. The van der Waals surface area contributed by atoms with Gasteiger partial charge in [0, 0.05) is 25.6 Å². The zero-order valence-corrected chi connectivity index (χ0v) is 10.8. The van der Waals surface area contributed by atoms with E-state index in [1.807, 2.05) is 6.07 Å². The number of nitriles is 1. The van der Waals surface area contributed by atoms with Crippen molar-refractivity contribution in [3.63, 3.8) is 0 Å². The summed E-state index contributed by atoms with van der Waals surface area (Å²) in [6.07, 6.45) is 0.741. The Morgan fingerprint density at radius 2 is 2.16 bits per heavy atom. The molecule has 1 aromatic rings. The lowest BCUT2D eigenvalue weighted by molar-refractivity contribution is -0.137. The summed E-state index contributed by atoms with van der Waals surface area (Å²) in [7, 11) is 1.64. The van der Waals surface area contributed by atoms with Gasteiger partial charge in [-0.25, -0.2) is 0 Å². The summed E-state index contributed by atoms with van der Waals surface area (Å²) in [5.41, 5.74) is 1.32. The van der Waals surface area contributed by atoms with E-state index >= 15 is 0 Å². The molecule has 1 amide bonds. The van der Waals surface area contributed by atoms with Crippen LogP contribution in [0.25, 0.3) is 0 Å². The molecule has 100 valence electrons. The molecule has 5 nitrogen and oxygen atoms in total. The molecule has 0 unspecified atom stereocenters. The predicted molar refractivity (Wildman–Crippen MR) is 69.6 cm³/mol. The van der Waals surface area contributed by atoms with Crippen molar-refractivity contribution < 1.29 is 14.7 Å². The molecule has 0 saturated heterocycles. The van der Waals surface area contributed by atoms with Gasteiger partial charge in [0.25, 0.3) is 5.91 Å². The van der Waals surface area contributed by atoms with Crippen LogP contribution in [0.1, 0.15) is 28.8 Å². The van der Waals surface area contributed by atoms with Crippen LogP contribution < -0.4 is 0 Å². The number of aliphatic carboxylic acids is 1. The lowest BCUT2D eigenvalue weighted by atomic mass is 10.1. The summed E-state index contributed by atoms with van der Waals surface area (Å²) in [6, 6.07) is 8.96. The Kier molecular flexibility index (Phi) is 5.55. The third kappa shape index (κ3) is 4.80. The van der Waals surface area contributed by atoms with E-state index in [0.717, 1.165) is 5.56 Å². The third-order valence-electron chi connectivity index (χ3n) is 2.69. The average molecular weight is 260 g/mol. The van der Waals surface area contributed by atoms with Crippen molar-refractivity contribution in [2.24, 2.45) is 0 Å². The van der Waals surface area contributed by atoms with Gasteiger partial charge < -0.3 is 10.0 Å². The van der Waals surface area contributed by atoms with Crippen LogP contribution >= 0.6 is 0 Å². The van der Waals surface area contributed by atoms with E-state index in [9.17, 15) is 9.59 Å². The predicted octanol–water partition coefficient (Wildman–Crippen LogP) is 1.69. The molecule has 0 atom stereocenters. The normalized spacial score (nSPS) is 9.68. The zero-order valence-electron chi connectivity index (χ0n) is 10.8. The molecule has 0 aliphatic heterocycles. The second-order valence-corrected chi connectivity index (χ2v) is 4.26. The number of carboxylic acid groups (broad SMARTS) is 1. The van der Waals surface area contributed by atoms with Gasteiger partial charge in [0.15, 0.2) is 0 Å². The van der Waals surface area contributed by atoms with E-state index in [2.05, 4.69) is 0 Å². The fourth-order valence-electron chi connectivity index (χ4n) is 1.69. The second kappa shape index (κ2) is 7.17. The molecule has 1 aromatic carbocycles. The molecule has 0 aromatic heterocycles. The second-order valence-electron chi connectivity index (χ2n) is 4.26. The Bertz CT molecular complexity index is 506. The number of carbonyl (C=O) groups is 2. The Balaban J connectivity index is 2.63. The summed E-state index contributed by atoms with van der Waals surface area (Å²) in [5, 5.41) is 17.2. The molecule has 0 heterocycles. The van der Waals surface area contributed by atoms with Gasteiger partial charge in [-0.3, -0.25) is 9.59 Å². The van der Waals surface area contributed by atoms with Crippen LogP contribution in [0.2, 0.25) is 0 Å². The highest BCUT2D eigenvalue weighted by molar-refractivity contribution is 5.94. The van der Waals surface area contributed by atoms with Crippen molar-refractivity contribution in [2.75, 3.05) is 13.6 Å². The number of carboxylic acids is 1. The first-order valence-corrected chi connectivity index (χ1v) is 5.97. The summed E-state index contributed by atoms with van der Waals surface area (Å²) in [5.74, 6) is -1.03. The number of amides is 1. The van der Waals surface area contributed by atoms with Crippen LogP contribution in [0.3, 0.4) is 0 Å². The largest absolute Gasteiger partial charge is 0.481 e. The van der Waals surface area contributed by atoms with E-state index in [4.69, 9.17) is 10.4 Å². The maximum Gasteiger partial charge on any atom is 0.303 e. The van der Waals surface area contributed by atoms with Crippen LogP contribution in [-0.2, 0) is 11.2 Å². The highest BCUT2D eigenvalue weighted by atomic mass is 16.4. The van der Waals surface area contributed by atoms with E-state index in [1.54, 1.807) is 31.3 Å². The molecular formula is C14H16N2O3. The van der Waals surface area contributed by atoms with E-state index < -0.39 is 5.97 Å². The van der Waals surface area contributed by atoms with Crippen molar-refractivity contribution in [1.29, 1.82) is 5.26 Å². The van der Waals surface area contributed by atoms with Gasteiger partial charge >= 0.3 is 5.97 Å². The van der Waals surface area contributed by atoms with Gasteiger partial charge in [-0.1, -0.05) is 12.1 Å². The summed E-state index contributed by atoms with van der Waals surface area (Å²) in [4.78, 5) is 24.0. The minimum atomic E-state index is -0.864. The molecule has 5 heteroatoms. The molecule has 0 aliphatic rings. The maximum absolute atomic E-state index is 12.1. The van der Waals surface area contributed by atoms with Crippen molar-refractivity contribution in [2.45, 2.75) is 19.3 Å². The SMILES string of the molecule is CN(CCCC(=O)O)C(=O)c1cccc(CC#N)c1. The first-order valence-electron chi connectivity index (χ1n) is 5.97. The molecule has 19 heavy (non-hydrogen) atoms. The van der Waals surface area contributed by atoms with Crippen molar-refractivity contribution >= 4 is 11.9 Å². The Morgan fingerprint density at radius 3 is 2.79 bits per heavy atom. The molecule has 1 N–H and O–H groups in total. The van der Waals surface area contributed by atoms with Crippen molar-refractivity contribution in [3.8, 4) is 6.07 Å².